The van der Waals surface area contributed by atoms with Crippen LogP contribution in [0.2, 0.25) is 5.02 Å². The zero-order valence-corrected chi connectivity index (χ0v) is 12.3. The highest BCUT2D eigenvalue weighted by Crippen LogP contribution is 2.34. The number of halogens is 1. The van der Waals surface area contributed by atoms with Gasteiger partial charge < -0.3 is 5.32 Å². The van der Waals surface area contributed by atoms with Crippen LogP contribution in [0, 0.1) is 0 Å². The second-order valence-corrected chi connectivity index (χ2v) is 7.92. The van der Waals surface area contributed by atoms with Gasteiger partial charge in [-0.2, -0.15) is 0 Å². The monoisotopic (exact) mass is 303 g/mol. The molecule has 1 N–H and O–H groups in total. The van der Waals surface area contributed by atoms with Crippen molar-refractivity contribution in [3.63, 3.8) is 0 Å². The second-order valence-electron chi connectivity index (χ2n) is 4.14. The van der Waals surface area contributed by atoms with Gasteiger partial charge in [0, 0.05) is 34.3 Å². The molecule has 0 fully saturated rings. The summed E-state index contributed by atoms with van der Waals surface area (Å²) in [4.78, 5) is 1.05. The smallest absolute Gasteiger partial charge is 0.148 e. The lowest BCUT2D eigenvalue weighted by Gasteiger charge is -2.02. The van der Waals surface area contributed by atoms with Crippen molar-refractivity contribution in [3.05, 3.63) is 34.2 Å². The molecular formula is C12H14ClNO2S2. The minimum Gasteiger partial charge on any atom is -0.311 e. The Morgan fingerprint density at radius 1 is 1.33 bits per heavy atom. The van der Waals surface area contributed by atoms with Gasteiger partial charge in [-0.15, -0.1) is 11.3 Å². The normalized spacial score (nSPS) is 12.1. The molecule has 0 radical (unpaired) electrons. The molecule has 0 saturated heterocycles. The van der Waals surface area contributed by atoms with Crippen molar-refractivity contribution in [3.8, 4) is 0 Å². The van der Waals surface area contributed by atoms with Gasteiger partial charge in [0.1, 0.15) is 9.84 Å². The maximum atomic E-state index is 11.0. The molecule has 1 aromatic carbocycles. The molecule has 2 rings (SSSR count). The fraction of sp³-hybridized carbons (Fsp3) is 0.333. The molecule has 0 aliphatic carbocycles. The van der Waals surface area contributed by atoms with E-state index in [1.54, 1.807) is 11.3 Å². The molecule has 3 nitrogen and oxygen atoms in total. The summed E-state index contributed by atoms with van der Waals surface area (Å²) in [5, 5.41) is 4.93. The van der Waals surface area contributed by atoms with Crippen LogP contribution in [0.4, 0.5) is 0 Å². The standard InChI is InChI=1S/C12H14ClNO2S2/c1-18(15,16)7-6-14-8-11-12(13)9-4-2-3-5-10(9)17-11/h2-5,14H,6-8H2,1H3. The molecule has 98 valence electrons. The molecule has 0 bridgehead atoms. The topological polar surface area (TPSA) is 46.2 Å². The van der Waals surface area contributed by atoms with Gasteiger partial charge in [-0.3, -0.25) is 0 Å². The first-order valence-corrected chi connectivity index (χ1v) is 8.77. The number of fused-ring (bicyclic) bond motifs is 1. The summed E-state index contributed by atoms with van der Waals surface area (Å²) in [6.07, 6.45) is 1.24. The van der Waals surface area contributed by atoms with Crippen LogP contribution in [0.5, 0.6) is 0 Å². The molecule has 1 heterocycles. The molecule has 0 unspecified atom stereocenters. The molecule has 1 aromatic heterocycles. The van der Waals surface area contributed by atoms with Crippen LogP contribution in [0.15, 0.2) is 24.3 Å². The van der Waals surface area contributed by atoms with Crippen LogP contribution in [0.1, 0.15) is 4.88 Å². The number of thiophene rings is 1. The summed E-state index contributed by atoms with van der Waals surface area (Å²) in [5.41, 5.74) is 0. The highest BCUT2D eigenvalue weighted by atomic mass is 35.5. The quantitative estimate of drug-likeness (QED) is 0.864. The van der Waals surface area contributed by atoms with Crippen LogP contribution in [-0.2, 0) is 16.4 Å². The van der Waals surface area contributed by atoms with E-state index in [0.717, 1.165) is 20.0 Å². The molecular weight excluding hydrogens is 290 g/mol. The van der Waals surface area contributed by atoms with E-state index in [0.29, 0.717) is 13.1 Å². The van der Waals surface area contributed by atoms with Crippen molar-refractivity contribution in [1.29, 1.82) is 0 Å². The van der Waals surface area contributed by atoms with E-state index in [2.05, 4.69) is 5.32 Å². The van der Waals surface area contributed by atoms with Crippen molar-refractivity contribution in [2.45, 2.75) is 6.54 Å². The Hall–Kier alpha value is -0.620. The number of hydrogen-bond acceptors (Lipinski definition) is 4. The third-order valence-electron chi connectivity index (χ3n) is 2.54. The fourth-order valence-corrected chi connectivity index (χ4v) is 3.62. The lowest BCUT2D eigenvalue weighted by atomic mass is 10.2. The summed E-state index contributed by atoms with van der Waals surface area (Å²) in [6, 6.07) is 7.97. The predicted molar refractivity (Wildman–Crippen MR) is 78.3 cm³/mol. The summed E-state index contributed by atoms with van der Waals surface area (Å²) in [7, 11) is -2.91. The average molecular weight is 304 g/mol. The minimum atomic E-state index is -2.91. The molecule has 0 aliphatic rings. The van der Waals surface area contributed by atoms with Crippen molar-refractivity contribution in [2.75, 3.05) is 18.6 Å². The van der Waals surface area contributed by atoms with E-state index in [1.165, 1.54) is 6.26 Å². The van der Waals surface area contributed by atoms with Gasteiger partial charge in [-0.25, -0.2) is 8.42 Å². The summed E-state index contributed by atoms with van der Waals surface area (Å²) >= 11 is 7.92. The Labute approximate surface area is 116 Å². The molecule has 0 aliphatic heterocycles. The third kappa shape index (κ3) is 3.45. The molecule has 0 atom stereocenters. The summed E-state index contributed by atoms with van der Waals surface area (Å²) in [5.74, 6) is 0.148. The van der Waals surface area contributed by atoms with Crippen molar-refractivity contribution >= 4 is 42.9 Å². The van der Waals surface area contributed by atoms with Gasteiger partial charge in [0.25, 0.3) is 0 Å². The number of benzene rings is 1. The van der Waals surface area contributed by atoms with E-state index < -0.39 is 9.84 Å². The number of sulfone groups is 1. The van der Waals surface area contributed by atoms with E-state index in [1.807, 2.05) is 24.3 Å². The van der Waals surface area contributed by atoms with Crippen LogP contribution < -0.4 is 5.32 Å². The van der Waals surface area contributed by atoms with E-state index in [9.17, 15) is 8.42 Å². The second kappa shape index (κ2) is 5.57. The SMILES string of the molecule is CS(=O)(=O)CCNCc1sc2ccccc2c1Cl. The molecule has 0 amide bonds. The predicted octanol–water partition coefficient (Wildman–Crippen LogP) is 2.69. The first-order chi connectivity index (χ1) is 8.47. The maximum Gasteiger partial charge on any atom is 0.148 e. The van der Waals surface area contributed by atoms with E-state index >= 15 is 0 Å². The van der Waals surface area contributed by atoms with Crippen LogP contribution in [0.3, 0.4) is 0 Å². The van der Waals surface area contributed by atoms with Crippen LogP contribution >= 0.6 is 22.9 Å². The van der Waals surface area contributed by atoms with Crippen molar-refractivity contribution in [1.82, 2.24) is 5.32 Å². The Kier molecular flexibility index (Phi) is 4.27. The summed E-state index contributed by atoms with van der Waals surface area (Å²) < 4.78 is 23.1. The lowest BCUT2D eigenvalue weighted by molar-refractivity contribution is 0.596. The molecule has 18 heavy (non-hydrogen) atoms. The zero-order chi connectivity index (χ0) is 13.2. The van der Waals surface area contributed by atoms with Gasteiger partial charge in [-0.1, -0.05) is 29.8 Å². The number of rotatable bonds is 5. The molecule has 0 spiro atoms. The maximum absolute atomic E-state index is 11.0. The van der Waals surface area contributed by atoms with Crippen molar-refractivity contribution < 1.29 is 8.42 Å². The number of nitrogens with one attached hydrogen (secondary N) is 1. The first kappa shape index (κ1) is 13.8. The van der Waals surface area contributed by atoms with Gasteiger partial charge in [0.2, 0.25) is 0 Å². The Bertz CT molecular complexity index is 649. The Morgan fingerprint density at radius 2 is 2.06 bits per heavy atom. The van der Waals surface area contributed by atoms with Crippen LogP contribution in [0.25, 0.3) is 10.1 Å². The van der Waals surface area contributed by atoms with Gasteiger partial charge in [0.05, 0.1) is 10.8 Å². The van der Waals surface area contributed by atoms with E-state index in [-0.39, 0.29) is 5.75 Å². The van der Waals surface area contributed by atoms with Gasteiger partial charge >= 0.3 is 0 Å². The third-order valence-corrected chi connectivity index (χ3v) is 5.20. The lowest BCUT2D eigenvalue weighted by Crippen LogP contribution is -2.21. The molecule has 6 heteroatoms. The van der Waals surface area contributed by atoms with Gasteiger partial charge in [-0.05, 0) is 6.07 Å². The largest absolute Gasteiger partial charge is 0.311 e. The highest BCUT2D eigenvalue weighted by Gasteiger charge is 2.09. The van der Waals surface area contributed by atoms with E-state index in [4.69, 9.17) is 11.6 Å². The Morgan fingerprint density at radius 3 is 2.72 bits per heavy atom. The molecule has 2 aromatic rings. The first-order valence-electron chi connectivity index (χ1n) is 5.52. The average Bonchev–Trinajstić information content (AvgIpc) is 2.62. The highest BCUT2D eigenvalue weighted by molar-refractivity contribution is 7.90. The fourth-order valence-electron chi connectivity index (χ4n) is 1.64. The molecule has 0 saturated carbocycles. The van der Waals surface area contributed by atoms with Crippen molar-refractivity contribution in [2.24, 2.45) is 0 Å². The Balaban J connectivity index is 2.02. The van der Waals surface area contributed by atoms with Crippen LogP contribution in [-0.4, -0.2) is 27.0 Å². The van der Waals surface area contributed by atoms with Gasteiger partial charge in [0.15, 0.2) is 0 Å². The number of hydrogen-bond donors (Lipinski definition) is 1. The summed E-state index contributed by atoms with van der Waals surface area (Å²) in [6.45, 7) is 1.05. The zero-order valence-electron chi connectivity index (χ0n) is 9.94. The minimum absolute atomic E-state index is 0.148.